The Balaban J connectivity index is 2.19. The van der Waals surface area contributed by atoms with E-state index in [-0.39, 0.29) is 5.54 Å². The predicted molar refractivity (Wildman–Crippen MR) is 86.4 cm³/mol. The molecular weight excluding hydrogens is 288 g/mol. The van der Waals surface area contributed by atoms with Crippen molar-refractivity contribution in [2.45, 2.75) is 42.6 Å². The fourth-order valence-corrected chi connectivity index (χ4v) is 2.78. The van der Waals surface area contributed by atoms with Crippen LogP contribution in [-0.4, -0.2) is 10.5 Å². The maximum absolute atomic E-state index is 6.12. The average molecular weight is 307 g/mol. The van der Waals surface area contributed by atoms with Crippen LogP contribution in [0.1, 0.15) is 26.3 Å². The van der Waals surface area contributed by atoms with Crippen molar-refractivity contribution in [2.24, 2.45) is 0 Å². The molecule has 1 aromatic carbocycles. The van der Waals surface area contributed by atoms with Gasteiger partial charge in [-0.15, -0.1) is 0 Å². The lowest BCUT2D eigenvalue weighted by molar-refractivity contribution is 0.422. The Labute approximate surface area is 130 Å². The van der Waals surface area contributed by atoms with Gasteiger partial charge in [-0.3, -0.25) is 4.98 Å². The first-order valence-corrected chi connectivity index (χ1v) is 7.75. The third-order valence-electron chi connectivity index (χ3n) is 2.71. The summed E-state index contributed by atoms with van der Waals surface area (Å²) in [6.45, 7) is 7.28. The summed E-state index contributed by atoms with van der Waals surface area (Å²) in [5, 5.41) is 4.28. The van der Waals surface area contributed by atoms with Crippen LogP contribution in [0.4, 0.5) is 0 Å². The number of pyridine rings is 1. The fourth-order valence-electron chi connectivity index (χ4n) is 1.68. The molecule has 0 aliphatic carbocycles. The number of aromatic nitrogens is 1. The lowest BCUT2D eigenvalue weighted by atomic mass is 10.1. The van der Waals surface area contributed by atoms with Gasteiger partial charge in [0.25, 0.3) is 0 Å². The normalized spacial score (nSPS) is 11.6. The Morgan fingerprint density at radius 2 is 1.85 bits per heavy atom. The van der Waals surface area contributed by atoms with Crippen LogP contribution >= 0.6 is 23.4 Å². The van der Waals surface area contributed by atoms with E-state index in [0.29, 0.717) is 0 Å². The van der Waals surface area contributed by atoms with Crippen LogP contribution in [0.5, 0.6) is 0 Å². The quantitative estimate of drug-likeness (QED) is 0.880. The van der Waals surface area contributed by atoms with Crippen molar-refractivity contribution in [1.29, 1.82) is 0 Å². The molecule has 1 heterocycles. The Kier molecular flexibility index (Phi) is 5.08. The molecule has 2 rings (SSSR count). The van der Waals surface area contributed by atoms with Crippen LogP contribution in [0.15, 0.2) is 52.5 Å². The molecule has 0 aliphatic rings. The van der Waals surface area contributed by atoms with E-state index in [9.17, 15) is 0 Å². The molecule has 0 spiro atoms. The zero-order valence-electron chi connectivity index (χ0n) is 12.0. The van der Waals surface area contributed by atoms with Gasteiger partial charge in [0.15, 0.2) is 0 Å². The van der Waals surface area contributed by atoms with Gasteiger partial charge in [-0.1, -0.05) is 23.4 Å². The maximum atomic E-state index is 6.12. The smallest absolute Gasteiger partial charge is 0.0410 e. The van der Waals surface area contributed by atoms with Crippen LogP contribution < -0.4 is 5.32 Å². The molecule has 0 amide bonds. The van der Waals surface area contributed by atoms with Crippen LogP contribution in [0, 0.1) is 0 Å². The summed E-state index contributed by atoms with van der Waals surface area (Å²) in [6.07, 6.45) is 3.62. The van der Waals surface area contributed by atoms with E-state index in [2.05, 4.69) is 37.1 Å². The number of halogens is 1. The van der Waals surface area contributed by atoms with Gasteiger partial charge in [0.05, 0.1) is 0 Å². The van der Waals surface area contributed by atoms with Crippen molar-refractivity contribution >= 4 is 23.4 Å². The highest BCUT2D eigenvalue weighted by atomic mass is 35.5. The minimum atomic E-state index is 0.0842. The van der Waals surface area contributed by atoms with Crippen LogP contribution in [-0.2, 0) is 6.54 Å². The SMILES string of the molecule is CC(C)(C)NCc1cc(Cl)ccc1Sc1ccncc1. The van der Waals surface area contributed by atoms with Gasteiger partial charge in [-0.05, 0) is 56.7 Å². The van der Waals surface area contributed by atoms with E-state index < -0.39 is 0 Å². The molecule has 0 fully saturated rings. The first-order valence-electron chi connectivity index (χ1n) is 6.55. The second kappa shape index (κ2) is 6.61. The van der Waals surface area contributed by atoms with Crippen molar-refractivity contribution in [3.8, 4) is 0 Å². The van der Waals surface area contributed by atoms with Crippen LogP contribution in [0.3, 0.4) is 0 Å². The molecule has 1 aromatic heterocycles. The molecule has 106 valence electrons. The largest absolute Gasteiger partial charge is 0.308 e. The van der Waals surface area contributed by atoms with Gasteiger partial charge in [0.2, 0.25) is 0 Å². The van der Waals surface area contributed by atoms with Gasteiger partial charge in [0.1, 0.15) is 0 Å². The van der Waals surface area contributed by atoms with E-state index in [4.69, 9.17) is 11.6 Å². The van der Waals surface area contributed by atoms with Crippen molar-refractivity contribution < 1.29 is 0 Å². The van der Waals surface area contributed by atoms with Crippen molar-refractivity contribution in [3.63, 3.8) is 0 Å². The number of hydrogen-bond acceptors (Lipinski definition) is 3. The number of nitrogens with zero attached hydrogens (tertiary/aromatic N) is 1. The van der Waals surface area contributed by atoms with Gasteiger partial charge in [-0.25, -0.2) is 0 Å². The van der Waals surface area contributed by atoms with E-state index in [1.54, 1.807) is 11.8 Å². The summed E-state index contributed by atoms with van der Waals surface area (Å²) in [4.78, 5) is 6.45. The monoisotopic (exact) mass is 306 g/mol. The molecule has 0 bridgehead atoms. The highest BCUT2D eigenvalue weighted by Crippen LogP contribution is 2.31. The number of nitrogens with one attached hydrogen (secondary N) is 1. The zero-order chi connectivity index (χ0) is 14.6. The first kappa shape index (κ1) is 15.4. The van der Waals surface area contributed by atoms with E-state index in [0.717, 1.165) is 11.6 Å². The molecule has 20 heavy (non-hydrogen) atoms. The molecule has 0 saturated heterocycles. The molecule has 0 radical (unpaired) electrons. The third-order valence-corrected chi connectivity index (χ3v) is 4.07. The van der Waals surface area contributed by atoms with E-state index in [1.807, 2.05) is 36.7 Å². The first-order chi connectivity index (χ1) is 9.44. The highest BCUT2D eigenvalue weighted by molar-refractivity contribution is 7.99. The molecule has 0 aliphatic heterocycles. The molecule has 1 N–H and O–H groups in total. The molecule has 2 nitrogen and oxygen atoms in total. The predicted octanol–water partition coefficient (Wildman–Crippen LogP) is 4.77. The fraction of sp³-hybridized carbons (Fsp3) is 0.312. The third kappa shape index (κ3) is 4.82. The van der Waals surface area contributed by atoms with E-state index >= 15 is 0 Å². The number of hydrogen-bond donors (Lipinski definition) is 1. The summed E-state index contributed by atoms with van der Waals surface area (Å²) >= 11 is 7.86. The van der Waals surface area contributed by atoms with Crippen molar-refractivity contribution in [3.05, 3.63) is 53.3 Å². The van der Waals surface area contributed by atoms with Gasteiger partial charge >= 0.3 is 0 Å². The maximum Gasteiger partial charge on any atom is 0.0410 e. The zero-order valence-corrected chi connectivity index (χ0v) is 13.6. The van der Waals surface area contributed by atoms with Gasteiger partial charge in [-0.2, -0.15) is 0 Å². The van der Waals surface area contributed by atoms with Crippen LogP contribution in [0.2, 0.25) is 5.02 Å². The summed E-state index contributed by atoms with van der Waals surface area (Å²) in [7, 11) is 0. The second-order valence-corrected chi connectivity index (χ2v) is 7.19. The summed E-state index contributed by atoms with van der Waals surface area (Å²) in [6, 6.07) is 10.1. The van der Waals surface area contributed by atoms with Gasteiger partial charge < -0.3 is 5.32 Å². The summed E-state index contributed by atoms with van der Waals surface area (Å²) < 4.78 is 0. The Morgan fingerprint density at radius 1 is 1.15 bits per heavy atom. The Bertz CT molecular complexity index is 564. The van der Waals surface area contributed by atoms with Crippen molar-refractivity contribution in [2.75, 3.05) is 0 Å². The molecular formula is C16H19ClN2S. The number of rotatable bonds is 4. The lowest BCUT2D eigenvalue weighted by Crippen LogP contribution is -2.35. The average Bonchev–Trinajstić information content (AvgIpc) is 2.39. The molecule has 4 heteroatoms. The summed E-state index contributed by atoms with van der Waals surface area (Å²) in [5.74, 6) is 0. The van der Waals surface area contributed by atoms with Crippen molar-refractivity contribution in [1.82, 2.24) is 10.3 Å². The van der Waals surface area contributed by atoms with Gasteiger partial charge in [0, 0.05) is 39.3 Å². The molecule has 0 unspecified atom stereocenters. The molecule has 2 aromatic rings. The Morgan fingerprint density at radius 3 is 2.50 bits per heavy atom. The Hall–Kier alpha value is -1.03. The molecule has 0 atom stereocenters. The summed E-state index contributed by atoms with van der Waals surface area (Å²) in [5.41, 5.74) is 1.30. The highest BCUT2D eigenvalue weighted by Gasteiger charge is 2.11. The van der Waals surface area contributed by atoms with E-state index in [1.165, 1.54) is 15.4 Å². The standard InChI is InChI=1S/C16H19ClN2S/c1-16(2,3)19-11-12-10-13(17)4-5-15(12)20-14-6-8-18-9-7-14/h4-10,19H,11H2,1-3H3. The molecule has 0 saturated carbocycles. The minimum Gasteiger partial charge on any atom is -0.308 e. The second-order valence-electron chi connectivity index (χ2n) is 5.64. The van der Waals surface area contributed by atoms with Crippen LogP contribution in [0.25, 0.3) is 0 Å². The minimum absolute atomic E-state index is 0.0842. The number of benzene rings is 1. The topological polar surface area (TPSA) is 24.9 Å². The lowest BCUT2D eigenvalue weighted by Gasteiger charge is -2.21.